The zero-order chi connectivity index (χ0) is 18.9. The Morgan fingerprint density at radius 2 is 0.833 bits per heavy atom. The summed E-state index contributed by atoms with van der Waals surface area (Å²) in [5.41, 5.74) is 10.9. The molecule has 0 saturated carbocycles. The van der Waals surface area contributed by atoms with Crippen molar-refractivity contribution in [2.75, 3.05) is 39.5 Å². The average Bonchev–Trinajstić information content (AvgIpc) is 2.53. The van der Waals surface area contributed by atoms with E-state index in [1.54, 1.807) is 0 Å². The summed E-state index contributed by atoms with van der Waals surface area (Å²) < 4.78 is 22.5. The third-order valence-corrected chi connectivity index (χ3v) is 9.59. The van der Waals surface area contributed by atoms with Crippen molar-refractivity contribution in [3.63, 3.8) is 0 Å². The second kappa shape index (κ2) is 16.7. The fraction of sp³-hybridized carbons (Fsp3) is 1.00. The van der Waals surface area contributed by atoms with Crippen LogP contribution in [0.25, 0.3) is 0 Å². The molecule has 0 aliphatic heterocycles. The summed E-state index contributed by atoms with van der Waals surface area (Å²) in [6.45, 7) is 16.7. The zero-order valence-corrected chi connectivity index (χ0v) is 18.9. The van der Waals surface area contributed by atoms with E-state index in [-0.39, 0.29) is 0 Å². The van der Waals surface area contributed by atoms with E-state index >= 15 is 0 Å². The molecule has 0 atom stereocenters. The highest BCUT2D eigenvalue weighted by atomic mass is 28.4. The van der Waals surface area contributed by atoms with Crippen molar-refractivity contribution in [2.24, 2.45) is 11.5 Å². The summed E-state index contributed by atoms with van der Waals surface area (Å²) in [5.74, 6) is 0. The number of hydrogen-bond donors (Lipinski definition) is 2. The Labute approximate surface area is 152 Å². The van der Waals surface area contributed by atoms with Gasteiger partial charge in [-0.15, -0.1) is 0 Å². The van der Waals surface area contributed by atoms with Crippen LogP contribution in [-0.4, -0.2) is 56.6 Å². The maximum Gasteiger partial charge on any atom is 0.334 e. The monoisotopic (exact) mass is 382 g/mol. The Morgan fingerprint density at radius 1 is 0.583 bits per heavy atom. The molecular weight excluding hydrogens is 340 g/mol. The number of nitrogens with two attached hydrogens (primary N) is 2. The average molecular weight is 383 g/mol. The van der Waals surface area contributed by atoms with Gasteiger partial charge in [-0.3, -0.25) is 0 Å². The molecule has 0 fully saturated rings. The standard InChI is InChI=1S/2C8H21NO2Si/c2*1-4-10-12(3,11-5-2)8-6-7-9/h2*4-9H2,1-3H3. The van der Waals surface area contributed by atoms with Crippen LogP contribution in [0.15, 0.2) is 0 Å². The summed E-state index contributed by atoms with van der Waals surface area (Å²) in [5, 5.41) is 0. The zero-order valence-electron chi connectivity index (χ0n) is 16.9. The Balaban J connectivity index is 0. The van der Waals surface area contributed by atoms with Gasteiger partial charge in [0.1, 0.15) is 0 Å². The van der Waals surface area contributed by atoms with Crippen LogP contribution in [0.5, 0.6) is 0 Å². The molecule has 0 rings (SSSR count). The molecule has 24 heavy (non-hydrogen) atoms. The lowest BCUT2D eigenvalue weighted by atomic mass is 10.5. The van der Waals surface area contributed by atoms with E-state index in [9.17, 15) is 0 Å². The lowest BCUT2D eigenvalue weighted by Crippen LogP contribution is -2.39. The molecule has 0 aliphatic rings. The van der Waals surface area contributed by atoms with Crippen LogP contribution in [0.2, 0.25) is 25.2 Å². The highest BCUT2D eigenvalue weighted by Gasteiger charge is 2.30. The predicted molar refractivity (Wildman–Crippen MR) is 107 cm³/mol. The first-order chi connectivity index (χ1) is 11.4. The molecule has 0 bridgehead atoms. The van der Waals surface area contributed by atoms with Gasteiger partial charge >= 0.3 is 17.1 Å². The van der Waals surface area contributed by atoms with Crippen LogP contribution in [0.3, 0.4) is 0 Å². The molecule has 4 N–H and O–H groups in total. The van der Waals surface area contributed by atoms with Crippen molar-refractivity contribution < 1.29 is 17.7 Å². The molecule has 148 valence electrons. The molecule has 0 saturated heterocycles. The van der Waals surface area contributed by atoms with Gasteiger partial charge < -0.3 is 29.2 Å². The molecule has 6 nitrogen and oxygen atoms in total. The third-order valence-electron chi connectivity index (χ3n) is 3.47. The van der Waals surface area contributed by atoms with Crippen molar-refractivity contribution in [3.05, 3.63) is 0 Å². The van der Waals surface area contributed by atoms with Gasteiger partial charge in [0.05, 0.1) is 0 Å². The maximum atomic E-state index is 5.63. The van der Waals surface area contributed by atoms with Crippen LogP contribution >= 0.6 is 0 Å². The van der Waals surface area contributed by atoms with Crippen molar-refractivity contribution in [2.45, 2.75) is 65.7 Å². The highest BCUT2D eigenvalue weighted by Crippen LogP contribution is 2.15. The van der Waals surface area contributed by atoms with E-state index in [4.69, 9.17) is 29.2 Å². The minimum atomic E-state index is -1.85. The van der Waals surface area contributed by atoms with Crippen LogP contribution in [0.4, 0.5) is 0 Å². The molecule has 0 heterocycles. The topological polar surface area (TPSA) is 89.0 Å². The molecule has 0 unspecified atom stereocenters. The van der Waals surface area contributed by atoms with Crippen molar-refractivity contribution >= 4 is 17.1 Å². The molecule has 0 aromatic rings. The van der Waals surface area contributed by atoms with Crippen molar-refractivity contribution in [1.82, 2.24) is 0 Å². The Bertz CT molecular complexity index is 236. The maximum absolute atomic E-state index is 5.63. The van der Waals surface area contributed by atoms with Gasteiger partial charge in [-0.2, -0.15) is 0 Å². The van der Waals surface area contributed by atoms with Crippen molar-refractivity contribution in [1.29, 1.82) is 0 Å². The molecule has 0 spiro atoms. The fourth-order valence-electron chi connectivity index (χ4n) is 2.44. The first kappa shape index (κ1) is 26.4. The molecule has 0 aliphatic carbocycles. The van der Waals surface area contributed by atoms with Gasteiger partial charge in [-0.05, 0) is 78.8 Å². The normalized spacial score (nSPS) is 12.0. The minimum absolute atomic E-state index is 0.725. The fourth-order valence-corrected chi connectivity index (χ4v) is 7.32. The second-order valence-electron chi connectivity index (χ2n) is 5.78. The Kier molecular flexibility index (Phi) is 18.3. The number of rotatable bonds is 14. The van der Waals surface area contributed by atoms with Crippen molar-refractivity contribution in [3.8, 4) is 0 Å². The summed E-state index contributed by atoms with van der Waals surface area (Å²) in [7, 11) is -3.70. The van der Waals surface area contributed by atoms with E-state index in [0.717, 1.165) is 64.4 Å². The quantitative estimate of drug-likeness (QED) is 0.449. The van der Waals surface area contributed by atoms with Gasteiger partial charge in [0, 0.05) is 26.4 Å². The van der Waals surface area contributed by atoms with Crippen LogP contribution in [-0.2, 0) is 17.7 Å². The van der Waals surface area contributed by atoms with Crippen LogP contribution in [0, 0.1) is 0 Å². The van der Waals surface area contributed by atoms with E-state index in [2.05, 4.69) is 13.1 Å². The van der Waals surface area contributed by atoms with Gasteiger partial charge in [-0.25, -0.2) is 0 Å². The highest BCUT2D eigenvalue weighted by molar-refractivity contribution is 6.66. The Hall–Kier alpha value is 0.194. The first-order valence-electron chi connectivity index (χ1n) is 9.32. The lowest BCUT2D eigenvalue weighted by molar-refractivity contribution is 0.188. The van der Waals surface area contributed by atoms with Gasteiger partial charge in [0.25, 0.3) is 0 Å². The molecule has 0 aromatic carbocycles. The molecule has 0 aromatic heterocycles. The van der Waals surface area contributed by atoms with Gasteiger partial charge in [-0.1, -0.05) is 0 Å². The summed E-state index contributed by atoms with van der Waals surface area (Å²) >= 11 is 0. The number of hydrogen-bond acceptors (Lipinski definition) is 6. The van der Waals surface area contributed by atoms with Crippen LogP contribution in [0.1, 0.15) is 40.5 Å². The minimum Gasteiger partial charge on any atom is -0.395 e. The summed E-state index contributed by atoms with van der Waals surface area (Å²) in [4.78, 5) is 0. The predicted octanol–water partition coefficient (Wildman–Crippen LogP) is 2.96. The second-order valence-corrected chi connectivity index (χ2v) is 12.5. The van der Waals surface area contributed by atoms with E-state index in [0.29, 0.717) is 0 Å². The Morgan fingerprint density at radius 3 is 1.00 bits per heavy atom. The first-order valence-corrected chi connectivity index (χ1v) is 14.4. The largest absolute Gasteiger partial charge is 0.395 e. The SMILES string of the molecule is CCO[Si](C)(CCCN)OCC.CCO[Si](C)(CCCN)OCC. The molecular formula is C16H42N2O4Si2. The van der Waals surface area contributed by atoms with Crippen LogP contribution < -0.4 is 11.5 Å². The molecule has 0 amide bonds. The van der Waals surface area contributed by atoms with E-state index in [1.807, 2.05) is 27.7 Å². The van der Waals surface area contributed by atoms with Gasteiger partial charge in [0.2, 0.25) is 0 Å². The lowest BCUT2D eigenvalue weighted by Gasteiger charge is -2.25. The molecule has 0 radical (unpaired) electrons. The smallest absolute Gasteiger partial charge is 0.334 e. The van der Waals surface area contributed by atoms with E-state index < -0.39 is 17.1 Å². The summed E-state index contributed by atoms with van der Waals surface area (Å²) in [6.07, 6.45) is 2.01. The summed E-state index contributed by atoms with van der Waals surface area (Å²) in [6, 6.07) is 2.01. The van der Waals surface area contributed by atoms with Gasteiger partial charge in [0.15, 0.2) is 0 Å². The molecule has 8 heteroatoms. The third kappa shape index (κ3) is 14.5. The van der Waals surface area contributed by atoms with E-state index in [1.165, 1.54) is 0 Å².